The number of amides is 1. The molecule has 0 bridgehead atoms. The minimum Gasteiger partial charge on any atom is -0.508 e. The fourth-order valence-electron chi connectivity index (χ4n) is 3.84. The number of rotatable bonds is 11. The van der Waals surface area contributed by atoms with Crippen LogP contribution in [-0.4, -0.2) is 34.8 Å². The molecule has 3 aromatic carbocycles. The van der Waals surface area contributed by atoms with Crippen molar-refractivity contribution in [2.45, 2.75) is 44.9 Å². The maximum atomic E-state index is 13.7. The fraction of sp³-hybridized carbons (Fsp3) is 0.296. The first kappa shape index (κ1) is 25.3. The van der Waals surface area contributed by atoms with E-state index in [1.54, 1.807) is 12.1 Å². The van der Waals surface area contributed by atoms with E-state index in [0.717, 1.165) is 18.1 Å². The highest BCUT2D eigenvalue weighted by Gasteiger charge is 2.22. The van der Waals surface area contributed by atoms with E-state index in [4.69, 9.17) is 0 Å². The van der Waals surface area contributed by atoms with Crippen molar-refractivity contribution < 1.29 is 23.8 Å². The van der Waals surface area contributed by atoms with Crippen LogP contribution < -0.4 is 10.6 Å². The monoisotopic (exact) mass is 468 g/mol. The van der Waals surface area contributed by atoms with Crippen molar-refractivity contribution in [1.82, 2.24) is 10.6 Å². The van der Waals surface area contributed by atoms with Gasteiger partial charge in [0, 0.05) is 19.2 Å². The Labute approximate surface area is 198 Å². The van der Waals surface area contributed by atoms with E-state index in [0.29, 0.717) is 17.7 Å². The van der Waals surface area contributed by atoms with Gasteiger partial charge in [0.05, 0.1) is 18.6 Å². The number of halogens is 2. The molecule has 0 aliphatic carbocycles. The molecule has 4 N–H and O–H groups in total. The first-order valence-corrected chi connectivity index (χ1v) is 11.3. The summed E-state index contributed by atoms with van der Waals surface area (Å²) in [7, 11) is 0. The second-order valence-corrected chi connectivity index (χ2v) is 8.37. The summed E-state index contributed by atoms with van der Waals surface area (Å²) in [5.74, 6) is -1.76. The van der Waals surface area contributed by atoms with Crippen molar-refractivity contribution in [2.24, 2.45) is 0 Å². The van der Waals surface area contributed by atoms with Gasteiger partial charge in [0.1, 0.15) is 17.4 Å². The number of phenolic OH excluding ortho intramolecular Hbond substituents is 1. The van der Waals surface area contributed by atoms with Crippen LogP contribution in [0.15, 0.2) is 66.7 Å². The largest absolute Gasteiger partial charge is 0.508 e. The Hall–Kier alpha value is -3.29. The molecular formula is C27H30F2N2O3. The molecule has 1 amide bonds. The molecule has 34 heavy (non-hydrogen) atoms. The zero-order valence-electron chi connectivity index (χ0n) is 19.1. The van der Waals surface area contributed by atoms with Gasteiger partial charge in [-0.15, -0.1) is 0 Å². The molecule has 3 aromatic rings. The van der Waals surface area contributed by atoms with Crippen LogP contribution in [0.2, 0.25) is 0 Å². The Morgan fingerprint density at radius 1 is 0.912 bits per heavy atom. The summed E-state index contributed by atoms with van der Waals surface area (Å²) >= 11 is 0. The van der Waals surface area contributed by atoms with Crippen LogP contribution in [0.3, 0.4) is 0 Å². The minimum atomic E-state index is -1.01. The number of carbonyl (C=O) groups is 1. The first-order chi connectivity index (χ1) is 16.3. The number of aryl methyl sites for hydroxylation is 1. The molecule has 5 nitrogen and oxygen atoms in total. The van der Waals surface area contributed by atoms with Crippen molar-refractivity contribution >= 4 is 5.91 Å². The quantitative estimate of drug-likeness (QED) is 0.346. The topological polar surface area (TPSA) is 81.6 Å². The molecule has 0 aromatic heterocycles. The van der Waals surface area contributed by atoms with E-state index >= 15 is 0 Å². The fourth-order valence-corrected chi connectivity index (χ4v) is 3.84. The predicted molar refractivity (Wildman–Crippen MR) is 127 cm³/mol. The molecule has 2 unspecified atom stereocenters. The summed E-state index contributed by atoms with van der Waals surface area (Å²) < 4.78 is 27.4. The smallest absolute Gasteiger partial charge is 0.224 e. The third kappa shape index (κ3) is 7.93. The Kier molecular flexibility index (Phi) is 9.13. The maximum absolute atomic E-state index is 13.7. The standard InChI is InChI=1S/C27H30F2N2O3/c1-2-18-5-3-7-20(9-18)16-30-17-26(33)25(13-21-10-22(28)15-23(29)11-21)31-27(34)14-19-6-4-8-24(32)12-19/h3-12,15,25-26,30,32-33H,2,13-14,16-17H2,1H3,(H,31,34). The van der Waals surface area contributed by atoms with Gasteiger partial charge in [-0.25, -0.2) is 8.78 Å². The van der Waals surface area contributed by atoms with Crippen LogP contribution in [0.1, 0.15) is 29.2 Å². The maximum Gasteiger partial charge on any atom is 0.224 e. The molecule has 0 aliphatic heterocycles. The third-order valence-corrected chi connectivity index (χ3v) is 5.55. The minimum absolute atomic E-state index is 0.00757. The number of aromatic hydroxyl groups is 1. The number of phenols is 1. The molecule has 0 radical (unpaired) electrons. The zero-order chi connectivity index (χ0) is 24.5. The molecule has 2 atom stereocenters. The first-order valence-electron chi connectivity index (χ1n) is 11.3. The predicted octanol–water partition coefficient (Wildman–Crippen LogP) is 3.65. The molecule has 0 saturated carbocycles. The van der Waals surface area contributed by atoms with Crippen LogP contribution in [0.5, 0.6) is 5.75 Å². The average Bonchev–Trinajstić information content (AvgIpc) is 2.78. The van der Waals surface area contributed by atoms with Gasteiger partial charge in [-0.05, 0) is 59.4 Å². The molecule has 0 heterocycles. The van der Waals surface area contributed by atoms with Crippen LogP contribution in [0.4, 0.5) is 8.78 Å². The van der Waals surface area contributed by atoms with Crippen molar-refractivity contribution in [1.29, 1.82) is 0 Å². The number of nitrogens with one attached hydrogen (secondary N) is 2. The van der Waals surface area contributed by atoms with E-state index in [1.807, 2.05) is 12.1 Å². The van der Waals surface area contributed by atoms with Crippen molar-refractivity contribution in [3.8, 4) is 5.75 Å². The molecule has 3 rings (SSSR count). The lowest BCUT2D eigenvalue weighted by Gasteiger charge is -2.25. The van der Waals surface area contributed by atoms with Crippen molar-refractivity contribution in [3.05, 3.63) is 101 Å². The number of aliphatic hydroxyl groups excluding tert-OH is 1. The van der Waals surface area contributed by atoms with Gasteiger partial charge in [0.15, 0.2) is 0 Å². The Morgan fingerprint density at radius 2 is 1.59 bits per heavy atom. The van der Waals surface area contributed by atoms with Crippen LogP contribution in [0, 0.1) is 11.6 Å². The van der Waals surface area contributed by atoms with Gasteiger partial charge in [-0.3, -0.25) is 4.79 Å². The Morgan fingerprint density at radius 3 is 2.29 bits per heavy atom. The number of aliphatic hydroxyl groups is 1. The second-order valence-electron chi connectivity index (χ2n) is 8.37. The SMILES string of the molecule is CCc1cccc(CNCC(O)C(Cc2cc(F)cc(F)c2)NC(=O)Cc2cccc(O)c2)c1. The number of hydrogen-bond donors (Lipinski definition) is 4. The Balaban J connectivity index is 1.66. The van der Waals surface area contributed by atoms with Crippen LogP contribution in [0.25, 0.3) is 0 Å². The van der Waals surface area contributed by atoms with Gasteiger partial charge >= 0.3 is 0 Å². The molecule has 0 aliphatic rings. The average molecular weight is 469 g/mol. The molecule has 0 saturated heterocycles. The van der Waals surface area contributed by atoms with Crippen LogP contribution in [-0.2, 0) is 30.6 Å². The number of benzene rings is 3. The summed E-state index contributed by atoms with van der Waals surface area (Å²) in [6, 6.07) is 16.8. The lowest BCUT2D eigenvalue weighted by Crippen LogP contribution is -2.49. The summed E-state index contributed by atoms with van der Waals surface area (Å²) in [4.78, 5) is 12.7. The van der Waals surface area contributed by atoms with Gasteiger partial charge in [-0.2, -0.15) is 0 Å². The van der Waals surface area contributed by atoms with Crippen LogP contribution >= 0.6 is 0 Å². The molecule has 0 fully saturated rings. The van der Waals surface area contributed by atoms with Gasteiger partial charge in [0.2, 0.25) is 5.91 Å². The van der Waals surface area contributed by atoms with E-state index in [9.17, 15) is 23.8 Å². The summed E-state index contributed by atoms with van der Waals surface area (Å²) in [5, 5.41) is 26.4. The summed E-state index contributed by atoms with van der Waals surface area (Å²) in [6.07, 6.45) is -0.0385. The summed E-state index contributed by atoms with van der Waals surface area (Å²) in [6.45, 7) is 2.78. The number of carbonyl (C=O) groups excluding carboxylic acids is 1. The van der Waals surface area contributed by atoms with E-state index in [-0.39, 0.29) is 31.0 Å². The molecule has 180 valence electrons. The highest BCUT2D eigenvalue weighted by molar-refractivity contribution is 5.79. The van der Waals surface area contributed by atoms with E-state index in [1.165, 1.54) is 29.8 Å². The van der Waals surface area contributed by atoms with Crippen molar-refractivity contribution in [2.75, 3.05) is 6.54 Å². The molecule has 7 heteroatoms. The number of hydrogen-bond acceptors (Lipinski definition) is 4. The van der Waals surface area contributed by atoms with E-state index < -0.39 is 23.8 Å². The third-order valence-electron chi connectivity index (χ3n) is 5.55. The zero-order valence-corrected chi connectivity index (χ0v) is 19.1. The van der Waals surface area contributed by atoms with Gasteiger partial charge < -0.3 is 20.8 Å². The summed E-state index contributed by atoms with van der Waals surface area (Å²) in [5.41, 5.74) is 3.22. The van der Waals surface area contributed by atoms with Crippen molar-refractivity contribution in [3.63, 3.8) is 0 Å². The normalized spacial score (nSPS) is 12.8. The lowest BCUT2D eigenvalue weighted by atomic mass is 10.00. The highest BCUT2D eigenvalue weighted by Crippen LogP contribution is 2.14. The molecule has 0 spiro atoms. The molecular weight excluding hydrogens is 438 g/mol. The highest BCUT2D eigenvalue weighted by atomic mass is 19.1. The van der Waals surface area contributed by atoms with E-state index in [2.05, 4.69) is 29.7 Å². The lowest BCUT2D eigenvalue weighted by molar-refractivity contribution is -0.122. The van der Waals surface area contributed by atoms with Gasteiger partial charge in [0.25, 0.3) is 0 Å². The Bertz CT molecular complexity index is 1090. The van der Waals surface area contributed by atoms with Gasteiger partial charge in [-0.1, -0.05) is 43.3 Å². The second kappa shape index (κ2) is 12.3.